The van der Waals surface area contributed by atoms with Gasteiger partial charge in [0, 0.05) is 12.6 Å². The van der Waals surface area contributed by atoms with Crippen molar-refractivity contribution in [2.75, 3.05) is 18.1 Å². The molecule has 2 rings (SSSR count). The Morgan fingerprint density at radius 2 is 2.20 bits per heavy atom. The molecule has 0 aliphatic carbocycles. The van der Waals surface area contributed by atoms with Crippen molar-refractivity contribution in [1.82, 2.24) is 10.6 Å². The second kappa shape index (κ2) is 6.37. The summed E-state index contributed by atoms with van der Waals surface area (Å²) in [6, 6.07) is 7.84. The number of hydrogen-bond acceptors (Lipinski definition) is 4. The smallest absolute Gasteiger partial charge is 0.234 e. The lowest BCUT2D eigenvalue weighted by atomic mass is 10.1. The van der Waals surface area contributed by atoms with Gasteiger partial charge >= 0.3 is 0 Å². The van der Waals surface area contributed by atoms with Gasteiger partial charge in [-0.3, -0.25) is 4.79 Å². The van der Waals surface area contributed by atoms with Gasteiger partial charge in [-0.05, 0) is 18.9 Å². The van der Waals surface area contributed by atoms with Crippen molar-refractivity contribution >= 4 is 15.7 Å². The molecule has 1 aliphatic rings. The Morgan fingerprint density at radius 1 is 1.40 bits per heavy atom. The van der Waals surface area contributed by atoms with Gasteiger partial charge in [-0.2, -0.15) is 0 Å². The maximum Gasteiger partial charge on any atom is 0.234 e. The molecule has 0 spiro atoms. The topological polar surface area (TPSA) is 75.3 Å². The van der Waals surface area contributed by atoms with Crippen LogP contribution in [0.4, 0.5) is 0 Å². The summed E-state index contributed by atoms with van der Waals surface area (Å²) >= 11 is 0. The van der Waals surface area contributed by atoms with E-state index in [-0.39, 0.29) is 30.0 Å². The van der Waals surface area contributed by atoms with Crippen molar-refractivity contribution < 1.29 is 13.2 Å². The minimum absolute atomic E-state index is 0.0661. The summed E-state index contributed by atoms with van der Waals surface area (Å²) in [7, 11) is -2.94. The van der Waals surface area contributed by atoms with Crippen LogP contribution in [0.5, 0.6) is 0 Å². The average molecular weight is 296 g/mol. The van der Waals surface area contributed by atoms with Crippen molar-refractivity contribution in [1.29, 1.82) is 0 Å². The van der Waals surface area contributed by atoms with Crippen LogP contribution in [0.3, 0.4) is 0 Å². The number of amides is 1. The Bertz CT molecular complexity index is 584. The summed E-state index contributed by atoms with van der Waals surface area (Å²) in [4.78, 5) is 11.7. The van der Waals surface area contributed by atoms with Gasteiger partial charge in [0.05, 0.1) is 18.1 Å². The van der Waals surface area contributed by atoms with Crippen LogP contribution in [0.2, 0.25) is 0 Å². The van der Waals surface area contributed by atoms with Crippen LogP contribution in [0.25, 0.3) is 0 Å². The molecule has 0 aromatic heterocycles. The number of hydrogen-bond donors (Lipinski definition) is 2. The van der Waals surface area contributed by atoms with Crippen molar-refractivity contribution in [2.24, 2.45) is 0 Å². The van der Waals surface area contributed by atoms with E-state index in [1.165, 1.54) is 5.56 Å². The van der Waals surface area contributed by atoms with E-state index in [1.807, 2.05) is 25.1 Å². The number of nitrogens with one attached hydrogen (secondary N) is 2. The van der Waals surface area contributed by atoms with Crippen molar-refractivity contribution in [2.45, 2.75) is 25.9 Å². The summed E-state index contributed by atoms with van der Waals surface area (Å²) in [5.41, 5.74) is 2.31. The SMILES string of the molecule is Cc1cccc(CNCC(=O)NC2CCS(=O)(=O)C2)c1. The van der Waals surface area contributed by atoms with E-state index in [4.69, 9.17) is 0 Å². The van der Waals surface area contributed by atoms with Gasteiger partial charge in [0.2, 0.25) is 5.91 Å². The first-order valence-corrected chi connectivity index (χ1v) is 8.53. The highest BCUT2D eigenvalue weighted by atomic mass is 32.2. The van der Waals surface area contributed by atoms with Crippen LogP contribution >= 0.6 is 0 Å². The predicted molar refractivity (Wildman–Crippen MR) is 78.1 cm³/mol. The van der Waals surface area contributed by atoms with Crippen molar-refractivity contribution in [3.8, 4) is 0 Å². The Balaban J connectivity index is 1.71. The van der Waals surface area contributed by atoms with E-state index in [0.29, 0.717) is 13.0 Å². The molecule has 0 saturated carbocycles. The third-order valence-corrected chi connectivity index (χ3v) is 5.06. The number of carbonyl (C=O) groups excluding carboxylic acids is 1. The van der Waals surface area contributed by atoms with Crippen LogP contribution in [0.15, 0.2) is 24.3 Å². The van der Waals surface area contributed by atoms with Crippen LogP contribution in [0, 0.1) is 6.92 Å². The number of carbonyl (C=O) groups is 1. The molecule has 0 bridgehead atoms. The minimum Gasteiger partial charge on any atom is -0.351 e. The first kappa shape index (κ1) is 15.0. The molecule has 1 atom stereocenters. The quantitative estimate of drug-likeness (QED) is 0.824. The summed E-state index contributed by atoms with van der Waals surface area (Å²) in [5.74, 6) is 0.0884. The third-order valence-electron chi connectivity index (χ3n) is 3.29. The molecule has 1 aromatic rings. The molecule has 1 aliphatic heterocycles. The zero-order valence-electron chi connectivity index (χ0n) is 11.6. The van der Waals surface area contributed by atoms with E-state index in [9.17, 15) is 13.2 Å². The van der Waals surface area contributed by atoms with Gasteiger partial charge in [-0.25, -0.2) is 8.42 Å². The fraction of sp³-hybridized carbons (Fsp3) is 0.500. The fourth-order valence-electron chi connectivity index (χ4n) is 2.33. The average Bonchev–Trinajstić information content (AvgIpc) is 2.68. The number of sulfone groups is 1. The first-order valence-electron chi connectivity index (χ1n) is 6.71. The lowest BCUT2D eigenvalue weighted by Crippen LogP contribution is -2.40. The zero-order chi connectivity index (χ0) is 14.6. The van der Waals surface area contributed by atoms with Gasteiger partial charge < -0.3 is 10.6 Å². The van der Waals surface area contributed by atoms with Gasteiger partial charge in [-0.15, -0.1) is 0 Å². The highest BCUT2D eigenvalue weighted by molar-refractivity contribution is 7.91. The van der Waals surface area contributed by atoms with Gasteiger partial charge in [0.1, 0.15) is 0 Å². The van der Waals surface area contributed by atoms with Crippen LogP contribution < -0.4 is 10.6 Å². The van der Waals surface area contributed by atoms with E-state index in [0.717, 1.165) is 5.56 Å². The monoisotopic (exact) mass is 296 g/mol. The molecule has 2 N–H and O–H groups in total. The van der Waals surface area contributed by atoms with E-state index < -0.39 is 9.84 Å². The molecule has 0 radical (unpaired) electrons. The minimum atomic E-state index is -2.94. The Kier molecular flexibility index (Phi) is 4.77. The second-order valence-electron chi connectivity index (χ2n) is 5.26. The Hall–Kier alpha value is -1.40. The van der Waals surface area contributed by atoms with E-state index in [1.54, 1.807) is 0 Å². The van der Waals surface area contributed by atoms with Crippen LogP contribution in [0.1, 0.15) is 17.5 Å². The van der Waals surface area contributed by atoms with Crippen molar-refractivity contribution in [3.05, 3.63) is 35.4 Å². The van der Waals surface area contributed by atoms with Crippen LogP contribution in [-0.4, -0.2) is 38.4 Å². The first-order chi connectivity index (χ1) is 9.44. The Morgan fingerprint density at radius 3 is 2.85 bits per heavy atom. The fourth-order valence-corrected chi connectivity index (χ4v) is 4.00. The molecule has 1 saturated heterocycles. The molecule has 1 fully saturated rings. The number of aryl methyl sites for hydroxylation is 1. The molecule has 1 unspecified atom stereocenters. The summed E-state index contributed by atoms with van der Waals surface area (Å²) in [5, 5.41) is 5.81. The van der Waals surface area contributed by atoms with Gasteiger partial charge in [-0.1, -0.05) is 29.8 Å². The largest absolute Gasteiger partial charge is 0.351 e. The van der Waals surface area contributed by atoms with Gasteiger partial charge in [0.25, 0.3) is 0 Å². The lowest BCUT2D eigenvalue weighted by Gasteiger charge is -2.11. The molecule has 5 nitrogen and oxygen atoms in total. The highest BCUT2D eigenvalue weighted by Gasteiger charge is 2.28. The van der Waals surface area contributed by atoms with Crippen molar-refractivity contribution in [3.63, 3.8) is 0 Å². The third kappa shape index (κ3) is 4.61. The van der Waals surface area contributed by atoms with E-state index >= 15 is 0 Å². The predicted octanol–water partition coefficient (Wildman–Crippen LogP) is 0.388. The normalized spacial score (nSPS) is 20.8. The molecular formula is C14H20N2O3S. The highest BCUT2D eigenvalue weighted by Crippen LogP contribution is 2.10. The Labute approximate surface area is 119 Å². The standard InChI is InChI=1S/C14H20N2O3S/c1-11-3-2-4-12(7-11)8-15-9-14(17)16-13-5-6-20(18,19)10-13/h2-4,7,13,15H,5-6,8-10H2,1H3,(H,16,17). The molecule has 6 heteroatoms. The number of rotatable bonds is 5. The summed E-state index contributed by atoms with van der Waals surface area (Å²) in [6.07, 6.45) is 0.520. The van der Waals surface area contributed by atoms with Gasteiger partial charge in [0.15, 0.2) is 9.84 Å². The molecule has 1 heterocycles. The molecule has 20 heavy (non-hydrogen) atoms. The lowest BCUT2D eigenvalue weighted by molar-refractivity contribution is -0.120. The van der Waals surface area contributed by atoms with Crippen LogP contribution in [-0.2, 0) is 21.2 Å². The molecule has 110 valence electrons. The second-order valence-corrected chi connectivity index (χ2v) is 7.49. The van der Waals surface area contributed by atoms with E-state index in [2.05, 4.69) is 16.7 Å². The summed E-state index contributed by atoms with van der Waals surface area (Å²) in [6.45, 7) is 2.85. The maximum atomic E-state index is 11.7. The molecule has 1 amide bonds. The summed E-state index contributed by atoms with van der Waals surface area (Å²) < 4.78 is 22.6. The number of benzene rings is 1. The molecule has 1 aromatic carbocycles. The zero-order valence-corrected chi connectivity index (χ0v) is 12.4. The maximum absolute atomic E-state index is 11.7. The molecular weight excluding hydrogens is 276 g/mol.